The molecular weight excluding hydrogens is 406 g/mol. The van der Waals surface area contributed by atoms with Crippen LogP contribution in [-0.2, 0) is 10.0 Å². The zero-order valence-corrected chi connectivity index (χ0v) is 18.7. The minimum atomic E-state index is -4.04. The van der Waals surface area contributed by atoms with Gasteiger partial charge in [0.05, 0.1) is 10.2 Å². The number of sulfonamides is 1. The second kappa shape index (κ2) is 8.12. The first kappa shape index (κ1) is 21.3. The summed E-state index contributed by atoms with van der Waals surface area (Å²) in [6, 6.07) is 6.59. The summed E-state index contributed by atoms with van der Waals surface area (Å²) >= 11 is 1.40. The van der Waals surface area contributed by atoms with E-state index in [1.165, 1.54) is 23.6 Å². The van der Waals surface area contributed by atoms with E-state index in [4.69, 9.17) is 0 Å². The van der Waals surface area contributed by atoms with E-state index in [1.807, 2.05) is 58.2 Å². The lowest BCUT2D eigenvalue weighted by Gasteiger charge is -2.21. The highest BCUT2D eigenvalue weighted by Crippen LogP contribution is 2.34. The zero-order chi connectivity index (χ0) is 21.3. The molecule has 0 fully saturated rings. The van der Waals surface area contributed by atoms with E-state index in [1.54, 1.807) is 0 Å². The minimum absolute atomic E-state index is 0. The molecule has 0 unspecified atom stereocenters. The number of nitrogens with zero attached hydrogens (tertiary/aromatic N) is 1. The third-order valence-corrected chi connectivity index (χ3v) is 6.79. The van der Waals surface area contributed by atoms with Crippen molar-refractivity contribution in [1.82, 2.24) is 9.71 Å². The van der Waals surface area contributed by atoms with E-state index in [-0.39, 0.29) is 19.6 Å². The van der Waals surface area contributed by atoms with Crippen molar-refractivity contribution < 1.29 is 16.1 Å². The van der Waals surface area contributed by atoms with Crippen LogP contribution in [0.25, 0.3) is 10.2 Å². The first-order valence-corrected chi connectivity index (χ1v) is 11.8. The highest BCUT2D eigenvalue weighted by molar-refractivity contribution is 7.90. The zero-order valence-electron chi connectivity index (χ0n) is 17.1. The number of fused-ring (bicyclic) bond motifs is 1. The third-order valence-electron chi connectivity index (χ3n) is 4.64. The predicted molar refractivity (Wildman–Crippen MR) is 123 cm³/mol. The molecule has 0 radical (unpaired) electrons. The first-order valence-electron chi connectivity index (χ1n) is 9.40. The Morgan fingerprint density at radius 2 is 1.72 bits per heavy atom. The largest absolute Gasteiger partial charge is 0.333 e. The van der Waals surface area contributed by atoms with E-state index >= 15 is 0 Å². The molecule has 158 valence electrons. The van der Waals surface area contributed by atoms with Crippen LogP contribution in [-0.4, -0.2) is 19.4 Å². The Labute approximate surface area is 178 Å². The van der Waals surface area contributed by atoms with Gasteiger partial charge in [-0.3, -0.25) is 4.98 Å². The number of anilines is 1. The van der Waals surface area contributed by atoms with Crippen molar-refractivity contribution >= 4 is 43.3 Å². The van der Waals surface area contributed by atoms with Crippen molar-refractivity contribution in [2.75, 3.05) is 5.32 Å². The summed E-state index contributed by atoms with van der Waals surface area (Å²) in [6.45, 7) is 10.2. The van der Waals surface area contributed by atoms with Crippen LogP contribution in [0, 0.1) is 6.92 Å². The molecule has 3 aromatic rings. The summed E-state index contributed by atoms with van der Waals surface area (Å²) in [7, 11) is -4.04. The van der Waals surface area contributed by atoms with Crippen LogP contribution in [0.1, 0.15) is 59.1 Å². The van der Waals surface area contributed by atoms with Crippen LogP contribution in [0.3, 0.4) is 0 Å². The predicted octanol–water partition coefficient (Wildman–Crippen LogP) is 5.85. The van der Waals surface area contributed by atoms with E-state index in [0.717, 1.165) is 26.9 Å². The molecule has 8 heteroatoms. The van der Waals surface area contributed by atoms with E-state index in [0.29, 0.717) is 5.69 Å². The number of carbonyl (C=O) groups excluding carboxylic acids is 1. The van der Waals surface area contributed by atoms with Gasteiger partial charge in [-0.25, -0.2) is 17.9 Å². The molecule has 2 heterocycles. The molecule has 0 aliphatic rings. The highest BCUT2D eigenvalue weighted by atomic mass is 32.2. The van der Waals surface area contributed by atoms with Gasteiger partial charge in [-0.15, -0.1) is 11.3 Å². The Bertz CT molecular complexity index is 1150. The number of urea groups is 1. The molecule has 3 rings (SSSR count). The van der Waals surface area contributed by atoms with Crippen molar-refractivity contribution in [3.63, 3.8) is 0 Å². The summed E-state index contributed by atoms with van der Waals surface area (Å²) in [4.78, 5) is 16.7. The molecule has 29 heavy (non-hydrogen) atoms. The number of carbonyl (C=O) groups is 1. The topological polar surface area (TPSA) is 88.2 Å². The molecular formula is C21H29N3O3S2. The summed E-state index contributed by atoms with van der Waals surface area (Å²) in [5.41, 5.74) is 4.44. The number of pyridine rings is 1. The van der Waals surface area contributed by atoms with Crippen molar-refractivity contribution in [1.29, 1.82) is 0 Å². The highest BCUT2D eigenvalue weighted by Gasteiger charge is 2.22. The second-order valence-electron chi connectivity index (χ2n) is 7.66. The van der Waals surface area contributed by atoms with Gasteiger partial charge in [0.25, 0.3) is 10.0 Å². The molecule has 0 atom stereocenters. The van der Waals surface area contributed by atoms with Gasteiger partial charge in [-0.2, -0.15) is 0 Å². The molecule has 6 nitrogen and oxygen atoms in total. The van der Waals surface area contributed by atoms with Gasteiger partial charge >= 0.3 is 6.03 Å². The number of rotatable bonds is 5. The fraction of sp³-hybridized carbons (Fsp3) is 0.333. The molecule has 2 aromatic heterocycles. The van der Waals surface area contributed by atoms with Gasteiger partial charge in [0, 0.05) is 14.7 Å². The maximum atomic E-state index is 12.7. The number of aromatic nitrogens is 1. The van der Waals surface area contributed by atoms with Crippen LogP contribution in [0.5, 0.6) is 0 Å². The minimum Gasteiger partial charge on any atom is -0.307 e. The number of hydrogen-bond donors (Lipinski definition) is 2. The quantitative estimate of drug-likeness (QED) is 0.526. The third kappa shape index (κ3) is 4.59. The Kier molecular flexibility index (Phi) is 5.95. The molecule has 1 aromatic carbocycles. The van der Waals surface area contributed by atoms with Gasteiger partial charge in [0.1, 0.15) is 4.90 Å². The van der Waals surface area contributed by atoms with E-state index in [9.17, 15) is 13.2 Å². The Morgan fingerprint density at radius 3 is 2.31 bits per heavy atom. The number of hydrogen-bond acceptors (Lipinski definition) is 5. The maximum absolute atomic E-state index is 12.7. The number of benzene rings is 1. The lowest BCUT2D eigenvalue weighted by molar-refractivity contribution is 0.256. The lowest BCUT2D eigenvalue weighted by Crippen LogP contribution is -2.35. The van der Waals surface area contributed by atoms with Crippen LogP contribution >= 0.6 is 11.3 Å². The number of thiophene rings is 1. The maximum Gasteiger partial charge on any atom is 0.333 e. The molecule has 0 spiro atoms. The number of amides is 2. The van der Waals surface area contributed by atoms with Crippen LogP contribution in [0.2, 0.25) is 0 Å². The second-order valence-corrected chi connectivity index (χ2v) is 10.3. The number of aryl methyl sites for hydroxylation is 1. The average molecular weight is 436 g/mol. The van der Waals surface area contributed by atoms with E-state index < -0.39 is 16.1 Å². The molecule has 0 aliphatic carbocycles. The van der Waals surface area contributed by atoms with Crippen molar-refractivity contribution in [2.24, 2.45) is 0 Å². The van der Waals surface area contributed by atoms with Gasteiger partial charge in [0.15, 0.2) is 0 Å². The smallest absolute Gasteiger partial charge is 0.307 e. The van der Waals surface area contributed by atoms with Gasteiger partial charge in [0.2, 0.25) is 0 Å². The first-order chi connectivity index (χ1) is 13.6. The van der Waals surface area contributed by atoms with Crippen molar-refractivity contribution in [3.8, 4) is 0 Å². The van der Waals surface area contributed by atoms with Gasteiger partial charge in [-0.05, 0) is 47.4 Å². The van der Waals surface area contributed by atoms with Crippen molar-refractivity contribution in [3.05, 3.63) is 52.5 Å². The fourth-order valence-corrected chi connectivity index (χ4v) is 4.93. The Hall–Kier alpha value is -2.45. The van der Waals surface area contributed by atoms with Crippen molar-refractivity contribution in [2.45, 2.75) is 51.3 Å². The monoisotopic (exact) mass is 435 g/mol. The Balaban J connectivity index is 0.00000240. The SMILES string of the molecule is Cc1cc(C(C)C)c(NC(=O)NS(=O)(=O)c2cnc3ccsc3c2)c(C(C)C)c1.[HH].[HH]. The fourth-order valence-electron chi connectivity index (χ4n) is 3.19. The molecule has 0 saturated carbocycles. The summed E-state index contributed by atoms with van der Waals surface area (Å²) in [5.74, 6) is 0.342. The average Bonchev–Trinajstić information content (AvgIpc) is 3.09. The molecule has 0 aliphatic heterocycles. The van der Waals surface area contributed by atoms with Crippen LogP contribution in [0.4, 0.5) is 10.5 Å². The summed E-state index contributed by atoms with van der Waals surface area (Å²) < 4.78 is 28.2. The molecule has 0 saturated heterocycles. The number of nitrogens with one attached hydrogen (secondary N) is 2. The van der Waals surface area contributed by atoms with Gasteiger partial charge in [-0.1, -0.05) is 45.4 Å². The van der Waals surface area contributed by atoms with E-state index in [2.05, 4.69) is 15.0 Å². The lowest BCUT2D eigenvalue weighted by atomic mass is 9.90. The summed E-state index contributed by atoms with van der Waals surface area (Å²) in [5, 5.41) is 4.62. The van der Waals surface area contributed by atoms with Crippen LogP contribution < -0.4 is 10.0 Å². The molecule has 0 bridgehead atoms. The summed E-state index contributed by atoms with van der Waals surface area (Å²) in [6.07, 6.45) is 1.26. The standard InChI is InChI=1S/C21H25N3O3S2.2H2/c1-12(2)16-8-14(5)9-17(13(3)4)20(16)23-21(25)24-29(26,27)15-10-19-18(22-11-15)6-7-28-19;;/h6-13H,1-5H3,(H2,23,24,25);2*1H. The normalized spacial score (nSPS) is 12.0. The van der Waals surface area contributed by atoms with Gasteiger partial charge < -0.3 is 5.32 Å². The Morgan fingerprint density at radius 1 is 1.10 bits per heavy atom. The molecule has 2 amide bonds. The van der Waals surface area contributed by atoms with Crippen LogP contribution in [0.15, 0.2) is 40.7 Å². The molecule has 2 N–H and O–H groups in total.